The molecule has 2 aromatic rings. The Bertz CT molecular complexity index is 650. The van der Waals surface area contributed by atoms with Crippen molar-refractivity contribution in [2.45, 2.75) is 13.5 Å². The number of anilines is 2. The number of rotatable bonds is 4. The van der Waals surface area contributed by atoms with Crippen LogP contribution in [0, 0.1) is 6.92 Å². The highest BCUT2D eigenvalue weighted by Gasteiger charge is 2.11. The molecule has 0 bridgehead atoms. The molecule has 7 heteroatoms. The molecule has 1 aliphatic rings. The Morgan fingerprint density at radius 1 is 1.30 bits per heavy atom. The largest absolute Gasteiger partial charge is 0.378 e. The van der Waals surface area contributed by atoms with Crippen LogP contribution in [-0.2, 0) is 11.3 Å². The Morgan fingerprint density at radius 2 is 2.04 bits per heavy atom. The molecule has 23 heavy (non-hydrogen) atoms. The minimum atomic E-state index is -0.217. The molecule has 2 N–H and O–H groups in total. The highest BCUT2D eigenvalue weighted by molar-refractivity contribution is 7.10. The van der Waals surface area contributed by atoms with Crippen molar-refractivity contribution in [3.05, 3.63) is 41.6 Å². The van der Waals surface area contributed by atoms with Gasteiger partial charge in [0, 0.05) is 25.3 Å². The van der Waals surface area contributed by atoms with Crippen LogP contribution in [0.4, 0.5) is 15.5 Å². The molecule has 0 spiro atoms. The van der Waals surface area contributed by atoms with Crippen molar-refractivity contribution >= 4 is 28.3 Å². The highest BCUT2D eigenvalue weighted by Crippen LogP contribution is 2.17. The molecule has 0 saturated carbocycles. The van der Waals surface area contributed by atoms with Crippen molar-refractivity contribution in [2.24, 2.45) is 0 Å². The Balaban J connectivity index is 1.49. The van der Waals surface area contributed by atoms with Crippen LogP contribution in [0.2, 0.25) is 0 Å². The van der Waals surface area contributed by atoms with Gasteiger partial charge in [0.15, 0.2) is 0 Å². The number of urea groups is 1. The van der Waals surface area contributed by atoms with E-state index in [1.54, 1.807) is 0 Å². The number of nitrogens with one attached hydrogen (secondary N) is 2. The standard InChI is InChI=1S/C16H20N4O2S/c1-12-10-15(23-19-12)18-16(21)17-11-13-2-4-14(5-3-13)20-6-8-22-9-7-20/h2-5,10H,6-9,11H2,1H3,(H2,17,18,21). The van der Waals surface area contributed by atoms with Gasteiger partial charge in [-0.1, -0.05) is 12.1 Å². The molecular formula is C16H20N4O2S. The predicted molar refractivity (Wildman–Crippen MR) is 92.2 cm³/mol. The highest BCUT2D eigenvalue weighted by atomic mass is 32.1. The van der Waals surface area contributed by atoms with Gasteiger partial charge in [0.25, 0.3) is 0 Å². The minimum Gasteiger partial charge on any atom is -0.378 e. The molecule has 1 fully saturated rings. The molecule has 1 aliphatic heterocycles. The topological polar surface area (TPSA) is 66.5 Å². The second-order valence-corrected chi connectivity index (χ2v) is 6.21. The molecule has 3 rings (SSSR count). The molecule has 122 valence electrons. The van der Waals surface area contributed by atoms with Crippen LogP contribution in [0.15, 0.2) is 30.3 Å². The first-order valence-corrected chi connectivity index (χ1v) is 8.38. The van der Waals surface area contributed by atoms with E-state index in [9.17, 15) is 4.79 Å². The number of benzene rings is 1. The van der Waals surface area contributed by atoms with E-state index in [1.165, 1.54) is 17.2 Å². The summed E-state index contributed by atoms with van der Waals surface area (Å²) >= 11 is 1.28. The monoisotopic (exact) mass is 332 g/mol. The molecule has 6 nitrogen and oxygen atoms in total. The molecule has 0 atom stereocenters. The first kappa shape index (κ1) is 15.8. The van der Waals surface area contributed by atoms with Gasteiger partial charge in [-0.05, 0) is 42.2 Å². The lowest BCUT2D eigenvalue weighted by Gasteiger charge is -2.28. The van der Waals surface area contributed by atoms with Gasteiger partial charge in [-0.3, -0.25) is 5.32 Å². The molecule has 2 heterocycles. The van der Waals surface area contributed by atoms with Crippen molar-refractivity contribution in [1.29, 1.82) is 0 Å². The van der Waals surface area contributed by atoms with Gasteiger partial charge in [-0.2, -0.15) is 4.37 Å². The third-order valence-electron chi connectivity index (χ3n) is 3.63. The van der Waals surface area contributed by atoms with Crippen LogP contribution in [0.5, 0.6) is 0 Å². The van der Waals surface area contributed by atoms with Crippen molar-refractivity contribution in [3.63, 3.8) is 0 Å². The average Bonchev–Trinajstić information content (AvgIpc) is 2.99. The zero-order chi connectivity index (χ0) is 16.1. The van der Waals surface area contributed by atoms with Crippen LogP contribution in [-0.4, -0.2) is 36.7 Å². The predicted octanol–water partition coefficient (Wildman–Crippen LogP) is 2.61. The second-order valence-electron chi connectivity index (χ2n) is 5.41. The number of carbonyl (C=O) groups excluding carboxylic acids is 1. The van der Waals surface area contributed by atoms with Crippen LogP contribution in [0.1, 0.15) is 11.3 Å². The van der Waals surface area contributed by atoms with E-state index in [-0.39, 0.29) is 6.03 Å². The summed E-state index contributed by atoms with van der Waals surface area (Å²) in [7, 11) is 0. The number of ether oxygens (including phenoxy) is 1. The van der Waals surface area contributed by atoms with Gasteiger partial charge in [0.2, 0.25) is 0 Å². The third kappa shape index (κ3) is 4.43. The summed E-state index contributed by atoms with van der Waals surface area (Å²) in [6.45, 7) is 5.80. The van der Waals surface area contributed by atoms with E-state index in [0.717, 1.165) is 42.6 Å². The first-order valence-electron chi connectivity index (χ1n) is 7.60. The summed E-state index contributed by atoms with van der Waals surface area (Å²) in [5.41, 5.74) is 3.17. The number of nitrogens with zero attached hydrogens (tertiary/aromatic N) is 2. The maximum Gasteiger partial charge on any atom is 0.320 e. The van der Waals surface area contributed by atoms with Gasteiger partial charge in [0.05, 0.1) is 18.9 Å². The van der Waals surface area contributed by atoms with Gasteiger partial charge in [0.1, 0.15) is 5.00 Å². The van der Waals surface area contributed by atoms with Crippen LogP contribution < -0.4 is 15.5 Å². The number of hydrogen-bond acceptors (Lipinski definition) is 5. The number of morpholine rings is 1. The Hall–Kier alpha value is -2.12. The number of hydrogen-bond donors (Lipinski definition) is 2. The first-order chi connectivity index (χ1) is 11.2. The summed E-state index contributed by atoms with van der Waals surface area (Å²) in [5, 5.41) is 6.38. The lowest BCUT2D eigenvalue weighted by Crippen LogP contribution is -2.36. The van der Waals surface area contributed by atoms with E-state index >= 15 is 0 Å². The third-order valence-corrected chi connectivity index (χ3v) is 4.43. The van der Waals surface area contributed by atoms with Gasteiger partial charge < -0.3 is 15.0 Å². The van der Waals surface area contributed by atoms with Crippen LogP contribution >= 0.6 is 11.5 Å². The Kier molecular flexibility index (Phi) is 5.09. The molecule has 0 aliphatic carbocycles. The van der Waals surface area contributed by atoms with E-state index in [1.807, 2.05) is 25.1 Å². The fourth-order valence-electron chi connectivity index (χ4n) is 2.41. The number of aromatic nitrogens is 1. The molecule has 1 aromatic heterocycles. The lowest BCUT2D eigenvalue weighted by atomic mass is 10.2. The van der Waals surface area contributed by atoms with Crippen LogP contribution in [0.25, 0.3) is 0 Å². The van der Waals surface area contributed by atoms with Crippen molar-refractivity contribution in [2.75, 3.05) is 36.5 Å². The summed E-state index contributed by atoms with van der Waals surface area (Å²) in [6.07, 6.45) is 0. The summed E-state index contributed by atoms with van der Waals surface area (Å²) in [6, 6.07) is 9.90. The average molecular weight is 332 g/mol. The SMILES string of the molecule is Cc1cc(NC(=O)NCc2ccc(N3CCOCC3)cc2)sn1. The molecule has 1 saturated heterocycles. The van der Waals surface area contributed by atoms with Crippen molar-refractivity contribution in [3.8, 4) is 0 Å². The minimum absolute atomic E-state index is 0.217. The van der Waals surface area contributed by atoms with Crippen molar-refractivity contribution in [1.82, 2.24) is 9.69 Å². The number of amides is 2. The zero-order valence-corrected chi connectivity index (χ0v) is 13.9. The maximum absolute atomic E-state index is 11.8. The maximum atomic E-state index is 11.8. The number of aryl methyl sites for hydroxylation is 1. The fourth-order valence-corrected chi connectivity index (χ4v) is 3.06. The second kappa shape index (κ2) is 7.43. The Morgan fingerprint density at radius 3 is 2.70 bits per heavy atom. The van der Waals surface area contributed by atoms with E-state index in [0.29, 0.717) is 6.54 Å². The number of carbonyl (C=O) groups is 1. The molecule has 2 amide bonds. The molecular weight excluding hydrogens is 312 g/mol. The zero-order valence-electron chi connectivity index (χ0n) is 13.0. The smallest absolute Gasteiger partial charge is 0.320 e. The van der Waals surface area contributed by atoms with E-state index < -0.39 is 0 Å². The van der Waals surface area contributed by atoms with Crippen LogP contribution in [0.3, 0.4) is 0 Å². The molecule has 0 radical (unpaired) electrons. The van der Waals surface area contributed by atoms with Gasteiger partial charge in [-0.25, -0.2) is 4.79 Å². The molecule has 1 aromatic carbocycles. The Labute approximate surface area is 139 Å². The summed E-state index contributed by atoms with van der Waals surface area (Å²) in [4.78, 5) is 14.1. The lowest BCUT2D eigenvalue weighted by molar-refractivity contribution is 0.122. The fraction of sp³-hybridized carbons (Fsp3) is 0.375. The van der Waals surface area contributed by atoms with E-state index in [4.69, 9.17) is 4.74 Å². The summed E-state index contributed by atoms with van der Waals surface area (Å²) in [5.74, 6) is 0. The quantitative estimate of drug-likeness (QED) is 0.903. The molecule has 0 unspecified atom stereocenters. The normalized spacial score (nSPS) is 14.6. The summed E-state index contributed by atoms with van der Waals surface area (Å²) < 4.78 is 9.49. The van der Waals surface area contributed by atoms with Crippen molar-refractivity contribution < 1.29 is 9.53 Å². The van der Waals surface area contributed by atoms with Gasteiger partial charge in [-0.15, -0.1) is 0 Å². The van der Waals surface area contributed by atoms with Gasteiger partial charge >= 0.3 is 6.03 Å². The van der Waals surface area contributed by atoms with E-state index in [2.05, 4.69) is 32.0 Å².